The molecule has 15 heteroatoms. The summed E-state index contributed by atoms with van der Waals surface area (Å²) in [7, 11) is 9.70. The van der Waals surface area contributed by atoms with Crippen molar-refractivity contribution in [2.75, 3.05) is 62.9 Å². The van der Waals surface area contributed by atoms with E-state index in [1.807, 2.05) is 30.3 Å². The van der Waals surface area contributed by atoms with Crippen molar-refractivity contribution < 1.29 is 62.2 Å². The average molecular weight is 781 g/mol. The quantitative estimate of drug-likeness (QED) is 0.196. The van der Waals surface area contributed by atoms with Gasteiger partial charge in [0.2, 0.25) is 5.91 Å². The first-order chi connectivity index (χ1) is 26.5. The summed E-state index contributed by atoms with van der Waals surface area (Å²) in [5, 5.41) is 10.6. The number of carbonyl (C=O) groups excluding carboxylic acids is 3. The second-order valence-corrected chi connectivity index (χ2v) is 14.1. The molecule has 0 saturated heterocycles. The second-order valence-electron chi connectivity index (χ2n) is 14.1. The molecule has 1 aliphatic rings. The maximum atomic E-state index is 15.4. The molecule has 56 heavy (non-hydrogen) atoms. The number of hydrogen-bond acceptors (Lipinski definition) is 12. The minimum Gasteiger partial charge on any atom is -0.496 e. The van der Waals surface area contributed by atoms with Gasteiger partial charge in [0.1, 0.15) is 28.7 Å². The number of Topliss-reactive ketones (excluding diaryl/α,β-unsaturated/α-hetero) is 1. The van der Waals surface area contributed by atoms with Crippen LogP contribution in [0.3, 0.4) is 0 Å². The summed E-state index contributed by atoms with van der Waals surface area (Å²) in [5.74, 6) is -1.74. The van der Waals surface area contributed by atoms with Crippen LogP contribution < -0.4 is 28.4 Å². The van der Waals surface area contributed by atoms with Crippen molar-refractivity contribution in [2.45, 2.75) is 65.3 Å². The van der Waals surface area contributed by atoms with E-state index in [1.54, 1.807) is 34.6 Å². The lowest BCUT2D eigenvalue weighted by Crippen LogP contribution is -2.55. The molecule has 4 rings (SSSR count). The first-order valence-electron chi connectivity index (χ1n) is 17.8. The Labute approximate surface area is 327 Å². The van der Waals surface area contributed by atoms with E-state index in [4.69, 9.17) is 37.9 Å². The molecular formula is C41H52N2O13. The number of nitrogens with zero attached hydrogens (tertiary/aromatic N) is 2. The molecule has 0 aliphatic carbocycles. The molecule has 304 valence electrons. The number of aromatic carboxylic acids is 1. The van der Waals surface area contributed by atoms with E-state index < -0.39 is 54.4 Å². The Hall–Kier alpha value is -5.70. The Morgan fingerprint density at radius 2 is 1.36 bits per heavy atom. The topological polar surface area (TPSA) is 169 Å². The van der Waals surface area contributed by atoms with E-state index in [0.717, 1.165) is 10.5 Å². The highest BCUT2D eigenvalue weighted by Gasteiger charge is 2.46. The van der Waals surface area contributed by atoms with Crippen molar-refractivity contribution in [3.05, 3.63) is 69.3 Å². The van der Waals surface area contributed by atoms with E-state index in [1.165, 1.54) is 54.6 Å². The lowest BCUT2D eigenvalue weighted by molar-refractivity contribution is -0.140. The van der Waals surface area contributed by atoms with E-state index in [9.17, 15) is 19.5 Å². The Morgan fingerprint density at radius 3 is 1.88 bits per heavy atom. The Bertz CT molecular complexity index is 1960. The van der Waals surface area contributed by atoms with Gasteiger partial charge in [0.25, 0.3) is 0 Å². The summed E-state index contributed by atoms with van der Waals surface area (Å²) in [4.78, 5) is 58.9. The molecule has 0 spiro atoms. The highest BCUT2D eigenvalue weighted by molar-refractivity contribution is 6.07. The molecule has 0 saturated carbocycles. The van der Waals surface area contributed by atoms with E-state index >= 15 is 4.79 Å². The molecular weight excluding hydrogens is 728 g/mol. The van der Waals surface area contributed by atoms with Crippen LogP contribution in [0.5, 0.6) is 34.5 Å². The molecule has 0 radical (unpaired) electrons. The first kappa shape index (κ1) is 43.0. The maximum Gasteiger partial charge on any atom is 0.410 e. The molecule has 0 unspecified atom stereocenters. The van der Waals surface area contributed by atoms with Crippen LogP contribution in [0.2, 0.25) is 0 Å². The monoisotopic (exact) mass is 780 g/mol. The number of ether oxygens (including phenoxy) is 8. The van der Waals surface area contributed by atoms with Gasteiger partial charge in [-0.05, 0) is 40.2 Å². The molecule has 0 aromatic heterocycles. The molecule has 3 aromatic rings. The van der Waals surface area contributed by atoms with Gasteiger partial charge in [-0.25, -0.2) is 9.59 Å². The number of hydrogen-bond donors (Lipinski definition) is 1. The summed E-state index contributed by atoms with van der Waals surface area (Å²) in [5.41, 5.74) is 1.00. The molecule has 1 aliphatic heterocycles. The highest BCUT2D eigenvalue weighted by Crippen LogP contribution is 2.50. The van der Waals surface area contributed by atoms with Crippen LogP contribution in [-0.2, 0) is 27.3 Å². The fourth-order valence-corrected chi connectivity index (χ4v) is 7.12. The third-order valence-electron chi connectivity index (χ3n) is 9.56. The van der Waals surface area contributed by atoms with E-state index in [-0.39, 0.29) is 70.0 Å². The van der Waals surface area contributed by atoms with Crippen LogP contribution >= 0.6 is 0 Å². The number of carboxylic acids is 1. The summed E-state index contributed by atoms with van der Waals surface area (Å²) in [6.45, 7) is 7.99. The minimum absolute atomic E-state index is 0.0427. The zero-order valence-electron chi connectivity index (χ0n) is 34.1. The Balaban J connectivity index is 2.00. The number of benzene rings is 3. The minimum atomic E-state index is -1.47. The van der Waals surface area contributed by atoms with Crippen LogP contribution in [0.15, 0.2) is 30.3 Å². The Kier molecular flexibility index (Phi) is 13.7. The standard InChI is InChI=1S/C41H52N2O13/c1-22-32(49-7)25(29(39(46)47)36(53-11)34(22)51-9)18-26(42(6)40(48)56-41(3,4)5)38(45)43-19-28(44)31-30(27(43)21-55-20-24-16-14-13-15-17-24)37(54-12)35(52-10)23(2)33(31)50-8/h13-17,26-27H,18-21H2,1-12H3,(H,46,47)/t26-,27-/m0/s1. The zero-order chi connectivity index (χ0) is 41.6. The molecule has 0 bridgehead atoms. The average Bonchev–Trinajstić information content (AvgIpc) is 3.15. The van der Waals surface area contributed by atoms with Crippen LogP contribution in [0.1, 0.15) is 75.3 Å². The number of amides is 2. The van der Waals surface area contributed by atoms with Crippen LogP contribution in [0.4, 0.5) is 4.79 Å². The summed E-state index contributed by atoms with van der Waals surface area (Å²) >= 11 is 0. The Morgan fingerprint density at radius 1 is 0.821 bits per heavy atom. The van der Waals surface area contributed by atoms with Gasteiger partial charge in [0.05, 0.1) is 74.0 Å². The number of carboxylic acid groups (broad SMARTS) is 1. The number of carbonyl (C=O) groups is 4. The third-order valence-corrected chi connectivity index (χ3v) is 9.56. The number of likely N-dealkylation sites (N-methyl/N-ethyl adjacent to an activating group) is 1. The predicted octanol–water partition coefficient (Wildman–Crippen LogP) is 5.81. The molecule has 3 aromatic carbocycles. The molecule has 2 atom stereocenters. The van der Waals surface area contributed by atoms with Gasteiger partial charge < -0.3 is 47.9 Å². The predicted molar refractivity (Wildman–Crippen MR) is 205 cm³/mol. The van der Waals surface area contributed by atoms with Gasteiger partial charge in [-0.15, -0.1) is 0 Å². The van der Waals surface area contributed by atoms with Crippen molar-refractivity contribution in [3.63, 3.8) is 0 Å². The maximum absolute atomic E-state index is 15.4. The van der Waals surface area contributed by atoms with Crippen molar-refractivity contribution in [1.29, 1.82) is 0 Å². The van der Waals surface area contributed by atoms with Crippen molar-refractivity contribution >= 4 is 23.8 Å². The smallest absolute Gasteiger partial charge is 0.410 e. The van der Waals surface area contributed by atoms with Crippen LogP contribution in [-0.4, -0.2) is 113 Å². The van der Waals surface area contributed by atoms with Crippen molar-refractivity contribution in [2.24, 2.45) is 0 Å². The van der Waals surface area contributed by atoms with Gasteiger partial charge in [0.15, 0.2) is 28.8 Å². The van der Waals surface area contributed by atoms with E-state index in [2.05, 4.69) is 0 Å². The molecule has 1 N–H and O–H groups in total. The molecule has 1 heterocycles. The summed E-state index contributed by atoms with van der Waals surface area (Å²) in [6.07, 6.45) is -1.28. The normalized spacial score (nSPS) is 14.3. The van der Waals surface area contributed by atoms with Gasteiger partial charge in [-0.2, -0.15) is 0 Å². The summed E-state index contributed by atoms with van der Waals surface area (Å²) in [6, 6.07) is 6.93. The number of fused-ring (bicyclic) bond motifs is 1. The van der Waals surface area contributed by atoms with Gasteiger partial charge in [-0.1, -0.05) is 30.3 Å². The fraction of sp³-hybridized carbons (Fsp3) is 0.463. The number of methoxy groups -OCH3 is 6. The lowest BCUT2D eigenvalue weighted by atomic mass is 9.86. The van der Waals surface area contributed by atoms with Crippen molar-refractivity contribution in [1.82, 2.24) is 9.80 Å². The van der Waals surface area contributed by atoms with Gasteiger partial charge in [0, 0.05) is 35.7 Å². The molecule has 15 nitrogen and oxygen atoms in total. The second kappa shape index (κ2) is 17.8. The fourth-order valence-electron chi connectivity index (χ4n) is 7.12. The number of rotatable bonds is 15. The van der Waals surface area contributed by atoms with Gasteiger partial charge in [-0.3, -0.25) is 14.5 Å². The SMILES string of the molecule is COc1c(C)c(OC)c(OC)c(C(=O)O)c1C[C@@H](C(=O)N1CC(=O)c2c(OC)c(C)c(OC)c(OC)c2[C@@H]1COCc1ccccc1)N(C)C(=O)OC(C)(C)C. The first-order valence-corrected chi connectivity index (χ1v) is 17.8. The van der Waals surface area contributed by atoms with Gasteiger partial charge >= 0.3 is 12.1 Å². The summed E-state index contributed by atoms with van der Waals surface area (Å²) < 4.78 is 46.2. The highest BCUT2D eigenvalue weighted by atomic mass is 16.6. The van der Waals surface area contributed by atoms with E-state index in [0.29, 0.717) is 11.1 Å². The lowest BCUT2D eigenvalue weighted by Gasteiger charge is -2.41. The van der Waals surface area contributed by atoms with Crippen molar-refractivity contribution in [3.8, 4) is 34.5 Å². The molecule has 2 amide bonds. The number of ketones is 1. The van der Waals surface area contributed by atoms with Crippen LogP contribution in [0, 0.1) is 13.8 Å². The van der Waals surface area contributed by atoms with Crippen LogP contribution in [0.25, 0.3) is 0 Å². The zero-order valence-corrected chi connectivity index (χ0v) is 34.1. The third kappa shape index (κ3) is 8.42. The largest absolute Gasteiger partial charge is 0.496 e. The molecule has 0 fully saturated rings.